The molecule has 2 saturated heterocycles. The van der Waals surface area contributed by atoms with Gasteiger partial charge in [-0.15, -0.1) is 0 Å². The van der Waals surface area contributed by atoms with Crippen molar-refractivity contribution in [2.45, 2.75) is 56.8 Å². The minimum atomic E-state index is 0.508. The predicted octanol–water partition coefficient (Wildman–Crippen LogP) is 2.36. The third-order valence-electron chi connectivity index (χ3n) is 4.81. The van der Waals surface area contributed by atoms with Crippen molar-refractivity contribution in [1.82, 2.24) is 15.2 Å². The molecule has 1 aromatic rings. The molecular formula is C15H23N3. The maximum Gasteiger partial charge on any atom is 0.0341 e. The van der Waals surface area contributed by atoms with Crippen molar-refractivity contribution in [2.75, 3.05) is 7.05 Å². The first-order valence-corrected chi connectivity index (χ1v) is 7.14. The van der Waals surface area contributed by atoms with E-state index in [9.17, 15) is 0 Å². The summed E-state index contributed by atoms with van der Waals surface area (Å²) in [5, 5.41) is 3.46. The van der Waals surface area contributed by atoms with Crippen LogP contribution in [-0.4, -0.2) is 35.1 Å². The molecule has 2 fully saturated rings. The third kappa shape index (κ3) is 2.06. The smallest absolute Gasteiger partial charge is 0.0341 e. The molecule has 3 rings (SSSR count). The molecule has 0 amide bonds. The number of rotatable bonds is 3. The molecule has 3 heteroatoms. The summed E-state index contributed by atoms with van der Waals surface area (Å²) in [6, 6.07) is 7.01. The number of hydrogen-bond donors (Lipinski definition) is 1. The van der Waals surface area contributed by atoms with E-state index in [-0.39, 0.29) is 0 Å². The molecule has 2 aliphatic heterocycles. The zero-order valence-electron chi connectivity index (χ0n) is 11.3. The van der Waals surface area contributed by atoms with Crippen molar-refractivity contribution in [3.8, 4) is 0 Å². The highest BCUT2D eigenvalue weighted by Crippen LogP contribution is 2.41. The Kier molecular flexibility index (Phi) is 3.35. The van der Waals surface area contributed by atoms with Crippen LogP contribution < -0.4 is 5.32 Å². The lowest BCUT2D eigenvalue weighted by molar-refractivity contribution is 0.0787. The van der Waals surface area contributed by atoms with Crippen LogP contribution in [0.4, 0.5) is 0 Å². The lowest BCUT2D eigenvalue weighted by Gasteiger charge is -2.42. The molecule has 0 spiro atoms. The first-order valence-electron chi connectivity index (χ1n) is 7.14. The molecule has 2 aliphatic rings. The van der Waals surface area contributed by atoms with Gasteiger partial charge in [-0.3, -0.25) is 9.88 Å². The summed E-state index contributed by atoms with van der Waals surface area (Å²) < 4.78 is 0. The minimum absolute atomic E-state index is 0.508. The van der Waals surface area contributed by atoms with Gasteiger partial charge in [0.15, 0.2) is 0 Å². The summed E-state index contributed by atoms with van der Waals surface area (Å²) >= 11 is 0. The maximum atomic E-state index is 4.26. The topological polar surface area (TPSA) is 28.2 Å². The van der Waals surface area contributed by atoms with E-state index in [0.29, 0.717) is 6.04 Å². The Bertz CT molecular complexity index is 378. The highest BCUT2D eigenvalue weighted by Gasteiger charge is 2.42. The molecule has 0 aromatic carbocycles. The van der Waals surface area contributed by atoms with E-state index >= 15 is 0 Å². The molecule has 18 heavy (non-hydrogen) atoms. The van der Waals surface area contributed by atoms with Crippen LogP contribution >= 0.6 is 0 Å². The Morgan fingerprint density at radius 2 is 2.06 bits per heavy atom. The number of hydrogen-bond acceptors (Lipinski definition) is 3. The average molecular weight is 245 g/mol. The van der Waals surface area contributed by atoms with Gasteiger partial charge < -0.3 is 5.32 Å². The summed E-state index contributed by atoms with van der Waals surface area (Å²) in [6.45, 7) is 2.34. The zero-order chi connectivity index (χ0) is 12.5. The van der Waals surface area contributed by atoms with Crippen molar-refractivity contribution in [1.29, 1.82) is 0 Å². The maximum absolute atomic E-state index is 4.26. The van der Waals surface area contributed by atoms with Crippen LogP contribution in [0, 0.1) is 0 Å². The molecule has 3 nitrogen and oxygen atoms in total. The second-order valence-electron chi connectivity index (χ2n) is 5.75. The van der Waals surface area contributed by atoms with Crippen LogP contribution in [0.15, 0.2) is 24.5 Å². The molecule has 3 atom stereocenters. The molecule has 2 bridgehead atoms. The van der Waals surface area contributed by atoms with Crippen LogP contribution in [0.3, 0.4) is 0 Å². The highest BCUT2D eigenvalue weighted by atomic mass is 15.3. The number of pyridine rings is 1. The number of nitrogens with one attached hydrogen (secondary N) is 1. The van der Waals surface area contributed by atoms with E-state index in [1.165, 1.54) is 31.2 Å². The number of fused-ring (bicyclic) bond motifs is 2. The Morgan fingerprint density at radius 3 is 2.61 bits per heavy atom. The van der Waals surface area contributed by atoms with Gasteiger partial charge >= 0.3 is 0 Å². The van der Waals surface area contributed by atoms with Crippen molar-refractivity contribution in [3.63, 3.8) is 0 Å². The SMILES string of the molecule is CNC1CC2CCC(C1)N2C(C)c1cccnc1. The van der Waals surface area contributed by atoms with Gasteiger partial charge in [0.25, 0.3) is 0 Å². The second kappa shape index (κ2) is 4.98. The normalized spacial score (nSPS) is 33.6. The van der Waals surface area contributed by atoms with E-state index in [0.717, 1.165) is 18.1 Å². The monoisotopic (exact) mass is 245 g/mol. The Morgan fingerprint density at radius 1 is 1.33 bits per heavy atom. The van der Waals surface area contributed by atoms with E-state index in [2.05, 4.69) is 35.2 Å². The van der Waals surface area contributed by atoms with Gasteiger partial charge in [-0.25, -0.2) is 0 Å². The number of piperidine rings is 1. The molecule has 0 radical (unpaired) electrons. The molecule has 3 heterocycles. The van der Waals surface area contributed by atoms with E-state index in [1.54, 1.807) is 0 Å². The van der Waals surface area contributed by atoms with E-state index in [1.807, 2.05) is 18.5 Å². The van der Waals surface area contributed by atoms with Gasteiger partial charge in [-0.05, 0) is 51.3 Å². The summed E-state index contributed by atoms with van der Waals surface area (Å²) in [5.74, 6) is 0. The Labute approximate surface area is 110 Å². The van der Waals surface area contributed by atoms with Gasteiger partial charge in [-0.1, -0.05) is 6.07 Å². The largest absolute Gasteiger partial charge is 0.317 e. The van der Waals surface area contributed by atoms with Crippen LogP contribution in [0.5, 0.6) is 0 Å². The third-order valence-corrected chi connectivity index (χ3v) is 4.81. The van der Waals surface area contributed by atoms with Gasteiger partial charge in [0, 0.05) is 36.6 Å². The lowest BCUT2D eigenvalue weighted by atomic mass is 9.94. The molecule has 1 aromatic heterocycles. The zero-order valence-corrected chi connectivity index (χ0v) is 11.3. The highest BCUT2D eigenvalue weighted by molar-refractivity contribution is 5.15. The van der Waals surface area contributed by atoms with Gasteiger partial charge in [-0.2, -0.15) is 0 Å². The van der Waals surface area contributed by atoms with Crippen LogP contribution in [0.2, 0.25) is 0 Å². The Balaban J connectivity index is 1.78. The predicted molar refractivity (Wildman–Crippen MR) is 73.4 cm³/mol. The first kappa shape index (κ1) is 12.1. The van der Waals surface area contributed by atoms with Crippen molar-refractivity contribution < 1.29 is 0 Å². The summed E-state index contributed by atoms with van der Waals surface area (Å²) in [6.07, 6.45) is 9.22. The van der Waals surface area contributed by atoms with Gasteiger partial charge in [0.1, 0.15) is 0 Å². The molecule has 3 unspecified atom stereocenters. The molecule has 1 N–H and O–H groups in total. The quantitative estimate of drug-likeness (QED) is 0.886. The fraction of sp³-hybridized carbons (Fsp3) is 0.667. The second-order valence-corrected chi connectivity index (χ2v) is 5.75. The summed E-state index contributed by atoms with van der Waals surface area (Å²) in [5.41, 5.74) is 1.36. The van der Waals surface area contributed by atoms with Gasteiger partial charge in [0.2, 0.25) is 0 Å². The molecule has 0 saturated carbocycles. The lowest BCUT2D eigenvalue weighted by Crippen LogP contribution is -2.49. The standard InChI is InChI=1S/C15H23N3/c1-11(12-4-3-7-17-10-12)18-14-5-6-15(18)9-13(8-14)16-2/h3-4,7,10-11,13-16H,5-6,8-9H2,1-2H3. The van der Waals surface area contributed by atoms with E-state index < -0.39 is 0 Å². The van der Waals surface area contributed by atoms with Crippen molar-refractivity contribution in [3.05, 3.63) is 30.1 Å². The number of aromatic nitrogens is 1. The van der Waals surface area contributed by atoms with Crippen molar-refractivity contribution in [2.24, 2.45) is 0 Å². The molecular weight excluding hydrogens is 222 g/mol. The minimum Gasteiger partial charge on any atom is -0.317 e. The summed E-state index contributed by atoms with van der Waals surface area (Å²) in [7, 11) is 2.10. The Hall–Kier alpha value is -0.930. The van der Waals surface area contributed by atoms with Crippen LogP contribution in [0.1, 0.15) is 44.2 Å². The molecule has 98 valence electrons. The average Bonchev–Trinajstić information content (AvgIpc) is 2.69. The van der Waals surface area contributed by atoms with Gasteiger partial charge in [0.05, 0.1) is 0 Å². The van der Waals surface area contributed by atoms with Crippen LogP contribution in [0.25, 0.3) is 0 Å². The van der Waals surface area contributed by atoms with Crippen LogP contribution in [-0.2, 0) is 0 Å². The number of nitrogens with zero attached hydrogens (tertiary/aromatic N) is 2. The fourth-order valence-electron chi connectivity index (χ4n) is 3.88. The van der Waals surface area contributed by atoms with E-state index in [4.69, 9.17) is 0 Å². The first-order chi connectivity index (χ1) is 8.79. The summed E-state index contributed by atoms with van der Waals surface area (Å²) in [4.78, 5) is 7.00. The molecule has 0 aliphatic carbocycles. The van der Waals surface area contributed by atoms with Crippen molar-refractivity contribution >= 4 is 0 Å². The fourth-order valence-corrected chi connectivity index (χ4v) is 3.88.